The molecule has 0 spiro atoms. The van der Waals surface area contributed by atoms with Gasteiger partial charge in [0.1, 0.15) is 6.61 Å². The highest BCUT2D eigenvalue weighted by Crippen LogP contribution is 2.37. The number of hydrazine groups is 1. The molecule has 0 aromatic heterocycles. The molecular formula is C6H11F3N2OS. The van der Waals surface area contributed by atoms with E-state index in [4.69, 9.17) is 5.84 Å². The lowest BCUT2D eigenvalue weighted by atomic mass is 9.94. The molecule has 0 aromatic rings. The fourth-order valence-corrected chi connectivity index (χ4v) is 0.428. The van der Waals surface area contributed by atoms with Crippen LogP contribution in [0.4, 0.5) is 13.2 Å². The third-order valence-electron chi connectivity index (χ3n) is 1.45. The molecule has 0 unspecified atom stereocenters. The zero-order valence-electron chi connectivity index (χ0n) is 7.23. The number of nitrogens with two attached hydrogens (primary N) is 1. The predicted octanol–water partition coefficient (Wildman–Crippen LogP) is 1.34. The third-order valence-corrected chi connectivity index (χ3v) is 1.69. The van der Waals surface area contributed by atoms with E-state index in [9.17, 15) is 13.2 Å². The minimum atomic E-state index is -4.32. The largest absolute Gasteiger partial charge is 0.469 e. The molecule has 0 heterocycles. The summed E-state index contributed by atoms with van der Waals surface area (Å²) in [6, 6.07) is 0. The summed E-state index contributed by atoms with van der Waals surface area (Å²) in [5.41, 5.74) is -0.00574. The SMILES string of the molecule is CC(C)(COC(=S)NN)C(F)(F)F. The number of thiocarbonyl (C=S) groups is 1. The van der Waals surface area contributed by atoms with Crippen molar-refractivity contribution in [3.05, 3.63) is 0 Å². The summed E-state index contributed by atoms with van der Waals surface area (Å²) >= 11 is 4.42. The van der Waals surface area contributed by atoms with Crippen molar-refractivity contribution in [2.75, 3.05) is 6.61 Å². The quantitative estimate of drug-likeness (QED) is 0.415. The maximum Gasteiger partial charge on any atom is 0.397 e. The van der Waals surface area contributed by atoms with E-state index < -0.39 is 18.2 Å². The summed E-state index contributed by atoms with van der Waals surface area (Å²) in [4.78, 5) is 0. The van der Waals surface area contributed by atoms with E-state index in [-0.39, 0.29) is 5.17 Å². The van der Waals surface area contributed by atoms with E-state index in [0.717, 1.165) is 13.8 Å². The number of hydrogen-bond donors (Lipinski definition) is 2. The zero-order valence-corrected chi connectivity index (χ0v) is 8.05. The highest BCUT2D eigenvalue weighted by Gasteiger charge is 2.48. The van der Waals surface area contributed by atoms with Crippen LogP contribution in [0.3, 0.4) is 0 Å². The van der Waals surface area contributed by atoms with Gasteiger partial charge in [0, 0.05) is 0 Å². The summed E-state index contributed by atoms with van der Waals surface area (Å²) in [6.45, 7) is 1.48. The molecule has 3 nitrogen and oxygen atoms in total. The first-order valence-corrected chi connectivity index (χ1v) is 3.81. The van der Waals surface area contributed by atoms with Crippen LogP contribution in [-0.2, 0) is 4.74 Å². The molecule has 78 valence electrons. The molecule has 0 aliphatic rings. The molecule has 0 atom stereocenters. The number of alkyl halides is 3. The first kappa shape index (κ1) is 12.4. The molecule has 0 aliphatic heterocycles. The lowest BCUT2D eigenvalue weighted by Gasteiger charge is -2.27. The maximum atomic E-state index is 12.2. The Morgan fingerprint density at radius 3 is 2.23 bits per heavy atom. The van der Waals surface area contributed by atoms with Crippen LogP contribution < -0.4 is 11.3 Å². The Balaban J connectivity index is 4.12. The third kappa shape index (κ3) is 3.77. The first-order valence-electron chi connectivity index (χ1n) is 3.41. The van der Waals surface area contributed by atoms with Crippen LogP contribution in [0.2, 0.25) is 0 Å². The standard InChI is InChI=1S/C6H11F3N2OS/c1-5(2,6(7,8)9)3-12-4(13)11-10/h3,10H2,1-2H3,(H,11,13). The van der Waals surface area contributed by atoms with Gasteiger partial charge in [-0.2, -0.15) is 13.2 Å². The highest BCUT2D eigenvalue weighted by molar-refractivity contribution is 7.80. The van der Waals surface area contributed by atoms with Crippen molar-refractivity contribution in [1.82, 2.24) is 5.43 Å². The highest BCUT2D eigenvalue weighted by atomic mass is 32.1. The number of nitrogens with one attached hydrogen (secondary N) is 1. The van der Waals surface area contributed by atoms with Gasteiger partial charge in [0.2, 0.25) is 0 Å². The van der Waals surface area contributed by atoms with Gasteiger partial charge in [-0.25, -0.2) is 5.84 Å². The van der Waals surface area contributed by atoms with Crippen molar-refractivity contribution in [2.45, 2.75) is 20.0 Å². The molecule has 7 heteroatoms. The topological polar surface area (TPSA) is 47.3 Å². The molecule has 0 aliphatic carbocycles. The van der Waals surface area contributed by atoms with E-state index in [2.05, 4.69) is 17.0 Å². The minimum absolute atomic E-state index is 0.252. The maximum absolute atomic E-state index is 12.2. The molecule has 0 amide bonds. The van der Waals surface area contributed by atoms with Gasteiger partial charge in [0.25, 0.3) is 5.17 Å². The van der Waals surface area contributed by atoms with Gasteiger partial charge in [-0.15, -0.1) is 0 Å². The molecule has 3 N–H and O–H groups in total. The van der Waals surface area contributed by atoms with Crippen molar-refractivity contribution in [2.24, 2.45) is 11.3 Å². The van der Waals surface area contributed by atoms with Gasteiger partial charge < -0.3 is 4.74 Å². The second-order valence-electron chi connectivity index (χ2n) is 3.10. The molecule has 0 rings (SSSR count). The molecule has 0 fully saturated rings. The van der Waals surface area contributed by atoms with Crippen LogP contribution in [0.1, 0.15) is 13.8 Å². The van der Waals surface area contributed by atoms with Gasteiger partial charge >= 0.3 is 6.18 Å². The lowest BCUT2D eigenvalue weighted by molar-refractivity contribution is -0.220. The van der Waals surface area contributed by atoms with Crippen molar-refractivity contribution >= 4 is 17.4 Å². The summed E-state index contributed by atoms with van der Waals surface area (Å²) < 4.78 is 41.2. The fraction of sp³-hybridized carbons (Fsp3) is 0.833. The number of hydrogen-bond acceptors (Lipinski definition) is 3. The van der Waals surface area contributed by atoms with Crippen molar-refractivity contribution < 1.29 is 17.9 Å². The van der Waals surface area contributed by atoms with E-state index in [1.807, 2.05) is 5.43 Å². The smallest absolute Gasteiger partial charge is 0.397 e. The normalized spacial score (nSPS) is 12.5. The van der Waals surface area contributed by atoms with Crippen molar-refractivity contribution in [3.8, 4) is 0 Å². The second kappa shape index (κ2) is 4.10. The van der Waals surface area contributed by atoms with Crippen LogP contribution in [0.5, 0.6) is 0 Å². The monoisotopic (exact) mass is 216 g/mol. The molecule has 0 saturated heterocycles. The van der Waals surface area contributed by atoms with Crippen LogP contribution in [0.25, 0.3) is 0 Å². The number of halogens is 3. The molecule has 0 radical (unpaired) electrons. The van der Waals surface area contributed by atoms with Gasteiger partial charge in [0.05, 0.1) is 5.41 Å². The van der Waals surface area contributed by atoms with Crippen molar-refractivity contribution in [1.29, 1.82) is 0 Å². The number of ether oxygens (including phenoxy) is 1. The second-order valence-corrected chi connectivity index (χ2v) is 3.47. The van der Waals surface area contributed by atoms with E-state index in [1.165, 1.54) is 0 Å². The van der Waals surface area contributed by atoms with Crippen LogP contribution in [0, 0.1) is 5.41 Å². The summed E-state index contributed by atoms with van der Waals surface area (Å²) in [6.07, 6.45) is -4.32. The Morgan fingerprint density at radius 1 is 1.46 bits per heavy atom. The minimum Gasteiger partial charge on any atom is -0.469 e. The first-order chi connectivity index (χ1) is 5.70. The molecule has 0 saturated carbocycles. The summed E-state index contributed by atoms with van der Waals surface area (Å²) in [7, 11) is 0. The van der Waals surface area contributed by atoms with Crippen molar-refractivity contribution in [3.63, 3.8) is 0 Å². The predicted molar refractivity (Wildman–Crippen MR) is 45.7 cm³/mol. The average molecular weight is 216 g/mol. The lowest BCUT2D eigenvalue weighted by Crippen LogP contribution is -2.40. The summed E-state index contributed by atoms with van der Waals surface area (Å²) in [5, 5.41) is -0.252. The summed E-state index contributed by atoms with van der Waals surface area (Å²) in [5.74, 6) is 4.81. The van der Waals surface area contributed by atoms with Gasteiger partial charge in [-0.3, -0.25) is 5.43 Å². The van der Waals surface area contributed by atoms with Crippen LogP contribution in [-0.4, -0.2) is 18.0 Å². The fourth-order valence-electron chi connectivity index (χ4n) is 0.369. The Kier molecular flexibility index (Phi) is 3.92. The number of rotatable bonds is 2. The Bertz CT molecular complexity index is 193. The van der Waals surface area contributed by atoms with E-state index >= 15 is 0 Å². The van der Waals surface area contributed by atoms with E-state index in [1.54, 1.807) is 0 Å². The Morgan fingerprint density at radius 2 is 1.92 bits per heavy atom. The molecular weight excluding hydrogens is 205 g/mol. The van der Waals surface area contributed by atoms with Gasteiger partial charge in [0.15, 0.2) is 0 Å². The average Bonchev–Trinajstić information content (AvgIpc) is 1.98. The van der Waals surface area contributed by atoms with Crippen LogP contribution in [0.15, 0.2) is 0 Å². The van der Waals surface area contributed by atoms with Gasteiger partial charge in [-0.05, 0) is 26.1 Å². The molecule has 0 aromatic carbocycles. The molecule has 13 heavy (non-hydrogen) atoms. The van der Waals surface area contributed by atoms with Crippen LogP contribution >= 0.6 is 12.2 Å². The molecule has 0 bridgehead atoms. The van der Waals surface area contributed by atoms with E-state index in [0.29, 0.717) is 0 Å². The van der Waals surface area contributed by atoms with Gasteiger partial charge in [-0.1, -0.05) is 0 Å². The Hall–Kier alpha value is -0.560. The Labute approximate surface area is 79.4 Å². The zero-order chi connectivity index (χ0) is 10.7.